The molecule has 0 atom stereocenters. The molecule has 0 bridgehead atoms. The van der Waals surface area contributed by atoms with E-state index in [0.29, 0.717) is 23.4 Å². The van der Waals surface area contributed by atoms with Crippen LogP contribution in [0, 0.1) is 0 Å². The summed E-state index contributed by atoms with van der Waals surface area (Å²) in [6, 6.07) is 14.3. The molecule has 0 heterocycles. The van der Waals surface area contributed by atoms with Crippen LogP contribution in [0.2, 0.25) is 0 Å². The lowest BCUT2D eigenvalue weighted by Gasteiger charge is -2.17. The molecule has 2 aromatic rings. The van der Waals surface area contributed by atoms with Gasteiger partial charge in [0.05, 0.1) is 5.56 Å². The fraction of sp³-hybridized carbons (Fsp3) is 0.364. The maximum absolute atomic E-state index is 12.3. The van der Waals surface area contributed by atoms with Crippen molar-refractivity contribution in [2.75, 3.05) is 31.6 Å². The molecule has 27 heavy (non-hydrogen) atoms. The van der Waals surface area contributed by atoms with Crippen molar-refractivity contribution in [2.45, 2.75) is 27.2 Å². The zero-order valence-electron chi connectivity index (χ0n) is 16.3. The first kappa shape index (κ1) is 20.6. The molecule has 1 N–H and O–H groups in total. The summed E-state index contributed by atoms with van der Waals surface area (Å²) in [7, 11) is 0. The second-order valence-corrected chi connectivity index (χ2v) is 6.24. The van der Waals surface area contributed by atoms with Gasteiger partial charge in [-0.15, -0.1) is 0 Å². The van der Waals surface area contributed by atoms with Crippen LogP contribution in [-0.4, -0.2) is 43.0 Å². The Morgan fingerprint density at radius 1 is 0.889 bits per heavy atom. The highest BCUT2D eigenvalue weighted by molar-refractivity contribution is 6.04. The van der Waals surface area contributed by atoms with E-state index in [4.69, 9.17) is 4.74 Å². The fourth-order valence-corrected chi connectivity index (χ4v) is 2.68. The standard InChI is InChI=1S/C22H28N2O3/c1-4-17-7-9-18(10-8-17)21(25)23-20-13-11-19(12-14-20)22(26)27-16-15-24(5-2)6-3/h7-14H,4-6,15-16H2,1-3H3,(H,23,25). The molecule has 0 aliphatic carbocycles. The van der Waals surface area contributed by atoms with E-state index in [-0.39, 0.29) is 11.9 Å². The van der Waals surface area contributed by atoms with Gasteiger partial charge in [-0.2, -0.15) is 0 Å². The third-order valence-electron chi connectivity index (χ3n) is 4.54. The van der Waals surface area contributed by atoms with Crippen LogP contribution in [0.15, 0.2) is 48.5 Å². The van der Waals surface area contributed by atoms with Crippen LogP contribution in [0.25, 0.3) is 0 Å². The molecule has 0 fully saturated rings. The van der Waals surface area contributed by atoms with Crippen LogP contribution in [0.3, 0.4) is 0 Å². The van der Waals surface area contributed by atoms with E-state index in [0.717, 1.165) is 26.1 Å². The third kappa shape index (κ3) is 6.22. The van der Waals surface area contributed by atoms with Gasteiger partial charge < -0.3 is 15.0 Å². The normalized spacial score (nSPS) is 10.7. The third-order valence-corrected chi connectivity index (χ3v) is 4.54. The number of ether oxygens (including phenoxy) is 1. The number of carbonyl (C=O) groups excluding carboxylic acids is 2. The molecule has 0 saturated carbocycles. The van der Waals surface area contributed by atoms with Crippen LogP contribution in [0.1, 0.15) is 47.1 Å². The Morgan fingerprint density at radius 2 is 1.48 bits per heavy atom. The lowest BCUT2D eigenvalue weighted by Crippen LogP contribution is -2.27. The lowest BCUT2D eigenvalue weighted by molar-refractivity contribution is 0.0466. The van der Waals surface area contributed by atoms with Crippen molar-refractivity contribution in [1.82, 2.24) is 4.90 Å². The Bertz CT molecular complexity index is 735. The summed E-state index contributed by atoms with van der Waals surface area (Å²) in [4.78, 5) is 26.6. The lowest BCUT2D eigenvalue weighted by atomic mass is 10.1. The number of likely N-dealkylation sites (N-methyl/N-ethyl adjacent to an activating group) is 1. The molecule has 0 aromatic heterocycles. The van der Waals surface area contributed by atoms with Crippen molar-refractivity contribution < 1.29 is 14.3 Å². The Balaban J connectivity index is 1.88. The minimum atomic E-state index is -0.352. The molecule has 0 saturated heterocycles. The van der Waals surface area contributed by atoms with Crippen LogP contribution in [-0.2, 0) is 11.2 Å². The number of esters is 1. The van der Waals surface area contributed by atoms with E-state index < -0.39 is 0 Å². The first-order valence-corrected chi connectivity index (χ1v) is 9.47. The SMILES string of the molecule is CCc1ccc(C(=O)Nc2ccc(C(=O)OCCN(CC)CC)cc2)cc1. The monoisotopic (exact) mass is 368 g/mol. The topological polar surface area (TPSA) is 58.6 Å². The Kier molecular flexibility index (Phi) is 8.01. The molecule has 0 unspecified atom stereocenters. The van der Waals surface area contributed by atoms with Gasteiger partial charge in [0, 0.05) is 17.8 Å². The molecule has 144 valence electrons. The highest BCUT2D eigenvalue weighted by Gasteiger charge is 2.10. The van der Waals surface area contributed by atoms with Crippen LogP contribution >= 0.6 is 0 Å². The first-order chi connectivity index (χ1) is 13.1. The summed E-state index contributed by atoms with van der Waals surface area (Å²) >= 11 is 0. The number of nitrogens with zero attached hydrogens (tertiary/aromatic N) is 1. The number of carbonyl (C=O) groups is 2. The van der Waals surface area contributed by atoms with Gasteiger partial charge in [0.1, 0.15) is 6.61 Å². The summed E-state index contributed by atoms with van der Waals surface area (Å²) < 4.78 is 5.31. The fourth-order valence-electron chi connectivity index (χ4n) is 2.68. The highest BCUT2D eigenvalue weighted by Crippen LogP contribution is 2.13. The number of hydrogen-bond acceptors (Lipinski definition) is 4. The van der Waals surface area contributed by atoms with Gasteiger partial charge in [0.2, 0.25) is 0 Å². The van der Waals surface area contributed by atoms with Crippen molar-refractivity contribution in [3.05, 3.63) is 65.2 Å². The number of rotatable bonds is 9. The molecule has 0 aliphatic heterocycles. The molecule has 5 nitrogen and oxygen atoms in total. The van der Waals surface area contributed by atoms with E-state index in [1.54, 1.807) is 24.3 Å². The first-order valence-electron chi connectivity index (χ1n) is 9.47. The summed E-state index contributed by atoms with van der Waals surface area (Å²) in [6.45, 7) is 9.20. The van der Waals surface area contributed by atoms with E-state index in [1.807, 2.05) is 24.3 Å². The number of anilines is 1. The second kappa shape index (κ2) is 10.5. The van der Waals surface area contributed by atoms with E-state index >= 15 is 0 Å². The van der Waals surface area contributed by atoms with Crippen LogP contribution < -0.4 is 5.32 Å². The van der Waals surface area contributed by atoms with Gasteiger partial charge in [0.15, 0.2) is 0 Å². The van der Waals surface area contributed by atoms with E-state index in [9.17, 15) is 9.59 Å². The second-order valence-electron chi connectivity index (χ2n) is 6.24. The zero-order chi connectivity index (χ0) is 19.6. The molecule has 0 radical (unpaired) electrons. The van der Waals surface area contributed by atoms with Gasteiger partial charge in [-0.3, -0.25) is 4.79 Å². The number of hydrogen-bond donors (Lipinski definition) is 1. The van der Waals surface area contributed by atoms with Gasteiger partial charge in [-0.05, 0) is 61.5 Å². The Labute approximate surface area is 161 Å². The molecular formula is C22H28N2O3. The summed E-state index contributed by atoms with van der Waals surface area (Å²) in [5.41, 5.74) is 2.90. The van der Waals surface area contributed by atoms with Gasteiger partial charge in [-0.25, -0.2) is 4.79 Å². The van der Waals surface area contributed by atoms with E-state index in [1.165, 1.54) is 5.56 Å². The molecule has 5 heteroatoms. The van der Waals surface area contributed by atoms with Crippen LogP contribution in [0.4, 0.5) is 5.69 Å². The predicted octanol–water partition coefficient (Wildman–Crippen LogP) is 4.00. The Morgan fingerprint density at radius 3 is 2.04 bits per heavy atom. The Hall–Kier alpha value is -2.66. The molecule has 0 aliphatic rings. The predicted molar refractivity (Wildman–Crippen MR) is 108 cm³/mol. The van der Waals surface area contributed by atoms with Crippen molar-refractivity contribution >= 4 is 17.6 Å². The molecule has 0 spiro atoms. The maximum atomic E-state index is 12.3. The average molecular weight is 368 g/mol. The van der Waals surface area contributed by atoms with Gasteiger partial charge >= 0.3 is 5.97 Å². The summed E-state index contributed by atoms with van der Waals surface area (Å²) in [5.74, 6) is -0.526. The molecular weight excluding hydrogens is 340 g/mol. The van der Waals surface area contributed by atoms with Crippen molar-refractivity contribution in [2.24, 2.45) is 0 Å². The van der Waals surface area contributed by atoms with Crippen molar-refractivity contribution in [1.29, 1.82) is 0 Å². The average Bonchev–Trinajstić information content (AvgIpc) is 2.71. The van der Waals surface area contributed by atoms with E-state index in [2.05, 4.69) is 31.0 Å². The quantitative estimate of drug-likeness (QED) is 0.680. The largest absolute Gasteiger partial charge is 0.461 e. The minimum Gasteiger partial charge on any atom is -0.461 e. The van der Waals surface area contributed by atoms with Gasteiger partial charge in [-0.1, -0.05) is 32.9 Å². The number of aryl methyl sites for hydroxylation is 1. The molecule has 1 amide bonds. The number of benzene rings is 2. The molecule has 2 aromatic carbocycles. The zero-order valence-corrected chi connectivity index (χ0v) is 16.3. The summed E-state index contributed by atoms with van der Waals surface area (Å²) in [5, 5.41) is 2.84. The minimum absolute atomic E-state index is 0.174. The highest BCUT2D eigenvalue weighted by atomic mass is 16.5. The smallest absolute Gasteiger partial charge is 0.338 e. The van der Waals surface area contributed by atoms with Crippen molar-refractivity contribution in [3.8, 4) is 0 Å². The van der Waals surface area contributed by atoms with Crippen LogP contribution in [0.5, 0.6) is 0 Å². The maximum Gasteiger partial charge on any atom is 0.338 e. The number of amides is 1. The number of nitrogens with one attached hydrogen (secondary N) is 1. The molecule has 2 rings (SSSR count). The van der Waals surface area contributed by atoms with Crippen molar-refractivity contribution in [3.63, 3.8) is 0 Å². The summed E-state index contributed by atoms with van der Waals surface area (Å²) in [6.07, 6.45) is 0.939. The van der Waals surface area contributed by atoms with Gasteiger partial charge in [0.25, 0.3) is 5.91 Å².